The third-order valence-electron chi connectivity index (χ3n) is 4.16. The van der Waals surface area contributed by atoms with Gasteiger partial charge in [0.1, 0.15) is 17.2 Å². The van der Waals surface area contributed by atoms with Gasteiger partial charge in [-0.1, -0.05) is 18.2 Å². The van der Waals surface area contributed by atoms with Crippen LogP contribution in [0, 0.1) is 5.82 Å². The van der Waals surface area contributed by atoms with E-state index >= 15 is 0 Å². The predicted octanol–water partition coefficient (Wildman–Crippen LogP) is 4.31. The third kappa shape index (κ3) is 2.71. The van der Waals surface area contributed by atoms with Crippen LogP contribution in [0.15, 0.2) is 54.6 Å². The summed E-state index contributed by atoms with van der Waals surface area (Å²) in [5.74, 6) is -1.09. The smallest absolute Gasteiger partial charge is 0.274 e. The predicted molar refractivity (Wildman–Crippen MR) is 98.0 cm³/mol. The van der Waals surface area contributed by atoms with Crippen molar-refractivity contribution in [2.45, 2.75) is 6.92 Å². The van der Waals surface area contributed by atoms with Crippen molar-refractivity contribution < 1.29 is 14.0 Å². The maximum Gasteiger partial charge on any atom is 0.274 e. The molecule has 128 valence electrons. The van der Waals surface area contributed by atoms with E-state index in [-0.39, 0.29) is 23.0 Å². The van der Waals surface area contributed by atoms with Crippen molar-refractivity contribution in [2.75, 3.05) is 5.32 Å². The Hall–Kier alpha value is -3.54. The highest BCUT2D eigenvalue weighted by Crippen LogP contribution is 2.28. The van der Waals surface area contributed by atoms with E-state index in [2.05, 4.69) is 15.3 Å². The van der Waals surface area contributed by atoms with Crippen LogP contribution in [0.2, 0.25) is 0 Å². The van der Waals surface area contributed by atoms with Crippen LogP contribution in [0.4, 0.5) is 10.1 Å². The lowest BCUT2D eigenvalue weighted by Crippen LogP contribution is -2.15. The molecule has 2 aromatic carbocycles. The van der Waals surface area contributed by atoms with Crippen LogP contribution < -0.4 is 5.32 Å². The number of aromatic nitrogens is 2. The molecule has 1 amide bonds. The molecule has 0 fully saturated rings. The Bertz CT molecular complexity index is 1160. The van der Waals surface area contributed by atoms with Gasteiger partial charge in [0.2, 0.25) is 0 Å². The average molecular weight is 347 g/mol. The van der Waals surface area contributed by atoms with E-state index < -0.39 is 5.91 Å². The molecular formula is C20H14FN3O2. The molecule has 0 radical (unpaired) electrons. The van der Waals surface area contributed by atoms with Crippen molar-refractivity contribution in [2.24, 2.45) is 0 Å². The Balaban J connectivity index is 1.84. The molecule has 4 rings (SSSR count). The molecule has 6 heteroatoms. The Kier molecular flexibility index (Phi) is 3.73. The average Bonchev–Trinajstić information content (AvgIpc) is 3.01. The molecule has 26 heavy (non-hydrogen) atoms. The van der Waals surface area contributed by atoms with E-state index in [1.807, 2.05) is 24.3 Å². The number of para-hydroxylation sites is 1. The lowest BCUT2D eigenvalue weighted by atomic mass is 10.1. The molecule has 2 N–H and O–H groups in total. The normalized spacial score (nSPS) is 11.0. The molecule has 0 aliphatic rings. The van der Waals surface area contributed by atoms with Crippen LogP contribution in [0.3, 0.4) is 0 Å². The van der Waals surface area contributed by atoms with Crippen LogP contribution in [0.1, 0.15) is 27.9 Å². The molecule has 2 aromatic heterocycles. The van der Waals surface area contributed by atoms with Crippen LogP contribution in [0.5, 0.6) is 0 Å². The zero-order valence-corrected chi connectivity index (χ0v) is 13.8. The number of amides is 1. The van der Waals surface area contributed by atoms with Crippen molar-refractivity contribution in [3.8, 4) is 0 Å². The van der Waals surface area contributed by atoms with Crippen molar-refractivity contribution in [3.05, 3.63) is 71.8 Å². The number of nitrogens with zero attached hydrogens (tertiary/aromatic N) is 1. The quantitative estimate of drug-likeness (QED) is 0.542. The molecule has 0 saturated carbocycles. The first-order valence-corrected chi connectivity index (χ1v) is 8.02. The number of nitrogens with one attached hydrogen (secondary N) is 2. The first-order valence-electron chi connectivity index (χ1n) is 8.02. The molecule has 0 atom stereocenters. The maximum atomic E-state index is 13.0. The molecular weight excluding hydrogens is 333 g/mol. The number of anilines is 1. The Labute approximate surface area is 147 Å². The molecule has 0 aliphatic heterocycles. The fraction of sp³-hybridized carbons (Fsp3) is 0.0500. The standard InChI is InChI=1S/C20H14FN3O2/c1-11(25)18-19-15(14-4-2-3-5-16(14)23-19)10-17(24-18)20(26)22-13-8-6-12(21)7-9-13/h2-10,23H,1H3,(H,22,26). The molecule has 0 aliphatic carbocycles. The van der Waals surface area contributed by atoms with Gasteiger partial charge >= 0.3 is 0 Å². The second-order valence-electron chi connectivity index (χ2n) is 5.97. The van der Waals surface area contributed by atoms with Gasteiger partial charge in [0.05, 0.1) is 5.52 Å². The second kappa shape index (κ2) is 6.07. The van der Waals surface area contributed by atoms with Gasteiger partial charge in [0.15, 0.2) is 5.78 Å². The number of benzene rings is 2. The summed E-state index contributed by atoms with van der Waals surface area (Å²) in [6.45, 7) is 1.41. The number of Topliss-reactive ketones (excluding diaryl/α,β-unsaturated/α-hetero) is 1. The summed E-state index contributed by atoms with van der Waals surface area (Å²) in [6.07, 6.45) is 0. The maximum absolute atomic E-state index is 13.0. The lowest BCUT2D eigenvalue weighted by molar-refractivity contribution is 0.101. The van der Waals surface area contributed by atoms with Crippen molar-refractivity contribution >= 4 is 39.2 Å². The fourth-order valence-corrected chi connectivity index (χ4v) is 2.95. The van der Waals surface area contributed by atoms with E-state index in [0.29, 0.717) is 11.2 Å². The van der Waals surface area contributed by atoms with Gasteiger partial charge in [-0.25, -0.2) is 9.37 Å². The number of carbonyl (C=O) groups is 2. The summed E-state index contributed by atoms with van der Waals surface area (Å²) in [5.41, 5.74) is 2.25. The summed E-state index contributed by atoms with van der Waals surface area (Å²) in [5, 5.41) is 4.33. The van der Waals surface area contributed by atoms with Gasteiger partial charge in [-0.05, 0) is 36.4 Å². The summed E-state index contributed by atoms with van der Waals surface area (Å²) < 4.78 is 13.0. The van der Waals surface area contributed by atoms with E-state index in [9.17, 15) is 14.0 Å². The molecule has 2 heterocycles. The SMILES string of the molecule is CC(=O)c1nc(C(=O)Nc2ccc(F)cc2)cc2c1[nH]c1ccccc12. The van der Waals surface area contributed by atoms with E-state index in [4.69, 9.17) is 0 Å². The first kappa shape index (κ1) is 16.0. The minimum Gasteiger partial charge on any atom is -0.353 e. The number of halogens is 1. The lowest BCUT2D eigenvalue weighted by Gasteiger charge is -2.07. The highest BCUT2D eigenvalue weighted by molar-refractivity contribution is 6.16. The minimum absolute atomic E-state index is 0.122. The molecule has 5 nitrogen and oxygen atoms in total. The molecule has 0 bridgehead atoms. The number of hydrogen-bond donors (Lipinski definition) is 2. The number of fused-ring (bicyclic) bond motifs is 3. The van der Waals surface area contributed by atoms with Crippen LogP contribution in [-0.2, 0) is 0 Å². The Morgan fingerprint density at radius 2 is 1.77 bits per heavy atom. The van der Waals surface area contributed by atoms with Gasteiger partial charge in [0.25, 0.3) is 5.91 Å². The number of H-pyrrole nitrogens is 1. The van der Waals surface area contributed by atoms with E-state index in [0.717, 1.165) is 16.3 Å². The van der Waals surface area contributed by atoms with Gasteiger partial charge in [-0.2, -0.15) is 0 Å². The van der Waals surface area contributed by atoms with Gasteiger partial charge in [-0.3, -0.25) is 9.59 Å². The number of hydrogen-bond acceptors (Lipinski definition) is 3. The molecule has 4 aromatic rings. The van der Waals surface area contributed by atoms with Gasteiger partial charge < -0.3 is 10.3 Å². The summed E-state index contributed by atoms with van der Waals surface area (Å²) >= 11 is 0. The third-order valence-corrected chi connectivity index (χ3v) is 4.16. The van der Waals surface area contributed by atoms with Crippen molar-refractivity contribution in [1.82, 2.24) is 9.97 Å². The topological polar surface area (TPSA) is 74.8 Å². The number of pyridine rings is 1. The highest BCUT2D eigenvalue weighted by Gasteiger charge is 2.18. The van der Waals surface area contributed by atoms with Gasteiger partial charge in [-0.15, -0.1) is 0 Å². The Morgan fingerprint density at radius 3 is 2.50 bits per heavy atom. The summed E-state index contributed by atoms with van der Waals surface area (Å²) in [4.78, 5) is 32.1. The minimum atomic E-state index is -0.466. The first-order chi connectivity index (χ1) is 12.5. The molecule has 0 spiro atoms. The Morgan fingerprint density at radius 1 is 1.04 bits per heavy atom. The number of carbonyl (C=O) groups excluding carboxylic acids is 2. The molecule has 0 saturated heterocycles. The largest absolute Gasteiger partial charge is 0.353 e. The van der Waals surface area contributed by atoms with Crippen molar-refractivity contribution in [1.29, 1.82) is 0 Å². The highest BCUT2D eigenvalue weighted by atomic mass is 19.1. The zero-order chi connectivity index (χ0) is 18.3. The van der Waals surface area contributed by atoms with E-state index in [1.54, 1.807) is 6.07 Å². The monoisotopic (exact) mass is 347 g/mol. The fourth-order valence-electron chi connectivity index (χ4n) is 2.95. The second-order valence-corrected chi connectivity index (χ2v) is 5.97. The summed E-state index contributed by atoms with van der Waals surface area (Å²) in [7, 11) is 0. The van der Waals surface area contributed by atoms with Gasteiger partial charge in [0, 0.05) is 28.9 Å². The van der Waals surface area contributed by atoms with Crippen LogP contribution in [-0.4, -0.2) is 21.7 Å². The molecule has 0 unspecified atom stereocenters. The number of aromatic amines is 1. The van der Waals surface area contributed by atoms with E-state index in [1.165, 1.54) is 31.2 Å². The summed E-state index contributed by atoms with van der Waals surface area (Å²) in [6, 6.07) is 14.7. The van der Waals surface area contributed by atoms with Crippen LogP contribution >= 0.6 is 0 Å². The van der Waals surface area contributed by atoms with Crippen molar-refractivity contribution in [3.63, 3.8) is 0 Å². The number of rotatable bonds is 3. The zero-order valence-electron chi connectivity index (χ0n) is 13.8. The van der Waals surface area contributed by atoms with Crippen LogP contribution in [0.25, 0.3) is 21.8 Å². The number of ketones is 1.